The Kier molecular flexibility index (Phi) is 5.09. The minimum atomic E-state index is -0.369. The molecular formula is C15H22FN3O. The third kappa shape index (κ3) is 3.55. The molecule has 20 heavy (non-hydrogen) atoms. The molecule has 4 nitrogen and oxygen atoms in total. The minimum absolute atomic E-state index is 0.165. The van der Waals surface area contributed by atoms with Crippen molar-refractivity contribution in [2.24, 2.45) is 11.5 Å². The van der Waals surface area contributed by atoms with Crippen molar-refractivity contribution >= 4 is 5.91 Å². The summed E-state index contributed by atoms with van der Waals surface area (Å²) in [5, 5.41) is 0. The van der Waals surface area contributed by atoms with Crippen LogP contribution in [0.2, 0.25) is 0 Å². The van der Waals surface area contributed by atoms with E-state index in [9.17, 15) is 9.18 Å². The molecule has 1 atom stereocenters. The number of rotatable bonds is 6. The molecule has 1 saturated carbocycles. The van der Waals surface area contributed by atoms with Gasteiger partial charge in [-0.1, -0.05) is 25.0 Å². The molecule has 0 aliphatic heterocycles. The predicted molar refractivity (Wildman–Crippen MR) is 76.4 cm³/mol. The fourth-order valence-electron chi connectivity index (χ4n) is 3.09. The monoisotopic (exact) mass is 279 g/mol. The molecule has 2 rings (SSSR count). The maximum atomic E-state index is 13.4. The standard InChI is InChI=1S/C15H22FN3O/c16-12-5-3-4-11(8-12)14(9-17)19(10-15(18)20)13-6-1-2-7-13/h3-5,8,13-14H,1-2,6-7,9-10,17H2,(H2,18,20). The van der Waals surface area contributed by atoms with Crippen molar-refractivity contribution in [2.75, 3.05) is 13.1 Å². The Morgan fingerprint density at radius 2 is 2.10 bits per heavy atom. The number of hydrogen-bond donors (Lipinski definition) is 2. The van der Waals surface area contributed by atoms with Crippen LogP contribution < -0.4 is 11.5 Å². The van der Waals surface area contributed by atoms with Gasteiger partial charge in [0.25, 0.3) is 0 Å². The quantitative estimate of drug-likeness (QED) is 0.830. The van der Waals surface area contributed by atoms with Crippen LogP contribution in [0.15, 0.2) is 24.3 Å². The van der Waals surface area contributed by atoms with Gasteiger partial charge in [0.1, 0.15) is 5.82 Å². The number of benzene rings is 1. The molecule has 0 aromatic heterocycles. The van der Waals surface area contributed by atoms with Gasteiger partial charge in [-0.3, -0.25) is 9.69 Å². The van der Waals surface area contributed by atoms with Gasteiger partial charge in [-0.25, -0.2) is 4.39 Å². The Morgan fingerprint density at radius 1 is 1.40 bits per heavy atom. The van der Waals surface area contributed by atoms with Crippen LogP contribution in [0.4, 0.5) is 4.39 Å². The second kappa shape index (κ2) is 6.81. The van der Waals surface area contributed by atoms with Crippen LogP contribution in [0.25, 0.3) is 0 Å². The van der Waals surface area contributed by atoms with Crippen LogP contribution in [-0.2, 0) is 4.79 Å². The molecule has 0 heterocycles. The van der Waals surface area contributed by atoms with Crippen molar-refractivity contribution in [1.82, 2.24) is 4.90 Å². The second-order valence-electron chi connectivity index (χ2n) is 5.38. The number of amides is 1. The summed E-state index contributed by atoms with van der Waals surface area (Å²) in [6, 6.07) is 6.56. The molecular weight excluding hydrogens is 257 g/mol. The van der Waals surface area contributed by atoms with Crippen LogP contribution in [0.1, 0.15) is 37.3 Å². The van der Waals surface area contributed by atoms with Gasteiger partial charge in [0.15, 0.2) is 0 Å². The summed E-state index contributed by atoms with van der Waals surface area (Å²) in [6.45, 7) is 0.510. The molecule has 0 radical (unpaired) electrons. The SMILES string of the molecule is NCC(c1cccc(F)c1)N(CC(N)=O)C1CCCC1. The molecule has 4 N–H and O–H groups in total. The highest BCUT2D eigenvalue weighted by Gasteiger charge is 2.30. The van der Waals surface area contributed by atoms with E-state index < -0.39 is 0 Å². The van der Waals surface area contributed by atoms with Crippen molar-refractivity contribution in [1.29, 1.82) is 0 Å². The molecule has 1 aliphatic rings. The summed E-state index contributed by atoms with van der Waals surface area (Å²) in [4.78, 5) is 13.4. The molecule has 5 heteroatoms. The van der Waals surface area contributed by atoms with Crippen molar-refractivity contribution in [2.45, 2.75) is 37.8 Å². The largest absolute Gasteiger partial charge is 0.369 e. The first-order chi connectivity index (χ1) is 9.61. The van der Waals surface area contributed by atoms with Crippen molar-refractivity contribution in [3.05, 3.63) is 35.6 Å². The molecule has 0 bridgehead atoms. The average molecular weight is 279 g/mol. The zero-order valence-electron chi connectivity index (χ0n) is 11.6. The Morgan fingerprint density at radius 3 is 2.65 bits per heavy atom. The Bertz CT molecular complexity index is 460. The second-order valence-corrected chi connectivity index (χ2v) is 5.38. The maximum absolute atomic E-state index is 13.4. The van der Waals surface area contributed by atoms with Crippen LogP contribution >= 0.6 is 0 Å². The maximum Gasteiger partial charge on any atom is 0.231 e. The van der Waals surface area contributed by atoms with E-state index in [1.165, 1.54) is 12.1 Å². The van der Waals surface area contributed by atoms with Crippen LogP contribution in [0, 0.1) is 5.82 Å². The fourth-order valence-corrected chi connectivity index (χ4v) is 3.09. The molecule has 0 spiro atoms. The number of carbonyl (C=O) groups excluding carboxylic acids is 1. The third-order valence-corrected chi connectivity index (χ3v) is 3.99. The Balaban J connectivity index is 2.25. The lowest BCUT2D eigenvalue weighted by molar-refractivity contribution is -0.120. The number of hydrogen-bond acceptors (Lipinski definition) is 3. The number of halogens is 1. The van der Waals surface area contributed by atoms with E-state index in [1.54, 1.807) is 6.07 Å². The molecule has 1 amide bonds. The van der Waals surface area contributed by atoms with E-state index in [0.717, 1.165) is 31.2 Å². The summed E-state index contributed by atoms with van der Waals surface area (Å²) >= 11 is 0. The predicted octanol–water partition coefficient (Wildman–Crippen LogP) is 1.56. The molecule has 1 fully saturated rings. The van der Waals surface area contributed by atoms with Crippen molar-refractivity contribution in [3.8, 4) is 0 Å². The van der Waals surface area contributed by atoms with Gasteiger partial charge in [0, 0.05) is 18.6 Å². The summed E-state index contributed by atoms with van der Waals surface area (Å²) in [5.74, 6) is -0.654. The zero-order chi connectivity index (χ0) is 14.5. The van der Waals surface area contributed by atoms with Crippen LogP contribution in [-0.4, -0.2) is 29.9 Å². The highest BCUT2D eigenvalue weighted by molar-refractivity contribution is 5.76. The molecule has 1 aliphatic carbocycles. The third-order valence-electron chi connectivity index (χ3n) is 3.99. The van der Waals surface area contributed by atoms with E-state index in [0.29, 0.717) is 12.6 Å². The topological polar surface area (TPSA) is 72.3 Å². The van der Waals surface area contributed by atoms with E-state index in [2.05, 4.69) is 0 Å². The van der Waals surface area contributed by atoms with Gasteiger partial charge in [0.2, 0.25) is 5.91 Å². The molecule has 1 aromatic rings. The Labute approximate surface area is 118 Å². The van der Waals surface area contributed by atoms with E-state index >= 15 is 0 Å². The first kappa shape index (κ1) is 14.9. The Hall–Kier alpha value is -1.46. The lowest BCUT2D eigenvalue weighted by atomic mass is 10.0. The van der Waals surface area contributed by atoms with Gasteiger partial charge >= 0.3 is 0 Å². The van der Waals surface area contributed by atoms with E-state index in [4.69, 9.17) is 11.5 Å². The highest BCUT2D eigenvalue weighted by Crippen LogP contribution is 2.30. The minimum Gasteiger partial charge on any atom is -0.369 e. The molecule has 110 valence electrons. The van der Waals surface area contributed by atoms with Crippen LogP contribution in [0.3, 0.4) is 0 Å². The summed E-state index contributed by atoms with van der Waals surface area (Å²) in [6.07, 6.45) is 4.39. The van der Waals surface area contributed by atoms with Gasteiger partial charge < -0.3 is 11.5 Å². The first-order valence-electron chi connectivity index (χ1n) is 7.11. The van der Waals surface area contributed by atoms with E-state index in [-0.39, 0.29) is 24.3 Å². The molecule has 1 unspecified atom stereocenters. The lowest BCUT2D eigenvalue weighted by Crippen LogP contribution is -2.44. The lowest BCUT2D eigenvalue weighted by Gasteiger charge is -2.35. The zero-order valence-corrected chi connectivity index (χ0v) is 11.6. The number of nitrogens with zero attached hydrogens (tertiary/aromatic N) is 1. The highest BCUT2D eigenvalue weighted by atomic mass is 19.1. The van der Waals surface area contributed by atoms with Gasteiger partial charge in [-0.15, -0.1) is 0 Å². The van der Waals surface area contributed by atoms with Crippen molar-refractivity contribution < 1.29 is 9.18 Å². The van der Waals surface area contributed by atoms with Gasteiger partial charge in [0.05, 0.1) is 6.54 Å². The molecule has 0 saturated heterocycles. The fraction of sp³-hybridized carbons (Fsp3) is 0.533. The van der Waals surface area contributed by atoms with Crippen LogP contribution in [0.5, 0.6) is 0 Å². The molecule has 1 aromatic carbocycles. The average Bonchev–Trinajstić information content (AvgIpc) is 2.92. The number of carbonyl (C=O) groups is 1. The van der Waals surface area contributed by atoms with Crippen molar-refractivity contribution in [3.63, 3.8) is 0 Å². The summed E-state index contributed by atoms with van der Waals surface area (Å²) in [5.41, 5.74) is 12.1. The normalized spacial score (nSPS) is 17.6. The number of nitrogens with two attached hydrogens (primary N) is 2. The summed E-state index contributed by atoms with van der Waals surface area (Å²) in [7, 11) is 0. The van der Waals surface area contributed by atoms with E-state index in [1.807, 2.05) is 11.0 Å². The first-order valence-corrected chi connectivity index (χ1v) is 7.11. The summed E-state index contributed by atoms with van der Waals surface area (Å²) < 4.78 is 13.4. The van der Waals surface area contributed by atoms with Gasteiger partial charge in [-0.05, 0) is 30.5 Å². The smallest absolute Gasteiger partial charge is 0.231 e. The number of primary amides is 1. The van der Waals surface area contributed by atoms with Gasteiger partial charge in [-0.2, -0.15) is 0 Å².